The first-order valence-corrected chi connectivity index (χ1v) is 6.69. The molecule has 0 aromatic heterocycles. The number of benzene rings is 1. The maximum absolute atomic E-state index is 3.16. The van der Waals surface area contributed by atoms with Crippen molar-refractivity contribution >= 4 is 0 Å². The van der Waals surface area contributed by atoms with Crippen molar-refractivity contribution in [3.8, 4) is 12.0 Å². The van der Waals surface area contributed by atoms with Crippen LogP contribution < -0.4 is 5.32 Å². The standard InChI is InChI=1S/C16H23N/c1-3-5-6-7-13-17-14-12-16-10-8-15(4-2)9-11-16/h8-11,17H,3-7,13H2,1-2H3. The summed E-state index contributed by atoms with van der Waals surface area (Å²) in [6, 6.07) is 11.5. The van der Waals surface area contributed by atoms with Crippen LogP contribution in [0.25, 0.3) is 0 Å². The number of rotatable bonds is 6. The number of hydrogen-bond acceptors (Lipinski definition) is 1. The zero-order valence-corrected chi connectivity index (χ0v) is 11.1. The fourth-order valence-electron chi connectivity index (χ4n) is 1.64. The average Bonchev–Trinajstić information content (AvgIpc) is 2.38. The molecule has 0 fully saturated rings. The van der Waals surface area contributed by atoms with Crippen LogP contribution in [0.2, 0.25) is 0 Å². The number of hydrogen-bond donors (Lipinski definition) is 1. The molecule has 17 heavy (non-hydrogen) atoms. The van der Waals surface area contributed by atoms with Gasteiger partial charge in [-0.05, 0) is 36.5 Å². The van der Waals surface area contributed by atoms with Crippen LogP contribution in [0, 0.1) is 12.0 Å². The molecule has 0 saturated carbocycles. The zero-order chi connectivity index (χ0) is 12.3. The van der Waals surface area contributed by atoms with Gasteiger partial charge in [-0.3, -0.25) is 0 Å². The van der Waals surface area contributed by atoms with E-state index in [0.717, 1.165) is 18.5 Å². The molecule has 1 N–H and O–H groups in total. The van der Waals surface area contributed by atoms with Gasteiger partial charge in [-0.2, -0.15) is 0 Å². The first-order valence-electron chi connectivity index (χ1n) is 6.69. The van der Waals surface area contributed by atoms with Crippen molar-refractivity contribution < 1.29 is 0 Å². The predicted molar refractivity (Wildman–Crippen MR) is 74.8 cm³/mol. The predicted octanol–water partition coefficient (Wildman–Crippen LogP) is 3.73. The Hall–Kier alpha value is -1.42. The summed E-state index contributed by atoms with van der Waals surface area (Å²) in [6.45, 7) is 5.39. The van der Waals surface area contributed by atoms with Crippen LogP contribution in [0.5, 0.6) is 0 Å². The zero-order valence-electron chi connectivity index (χ0n) is 11.1. The minimum atomic E-state index is 1.00. The Morgan fingerprint density at radius 2 is 1.76 bits per heavy atom. The molecular weight excluding hydrogens is 206 g/mol. The van der Waals surface area contributed by atoms with E-state index in [-0.39, 0.29) is 0 Å². The molecule has 0 spiro atoms. The molecule has 0 bridgehead atoms. The third-order valence-corrected chi connectivity index (χ3v) is 2.81. The molecule has 0 atom stereocenters. The third kappa shape index (κ3) is 6.02. The Labute approximate surface area is 106 Å². The monoisotopic (exact) mass is 229 g/mol. The molecule has 1 aromatic rings. The molecule has 1 nitrogen and oxygen atoms in total. The van der Waals surface area contributed by atoms with E-state index >= 15 is 0 Å². The lowest BCUT2D eigenvalue weighted by molar-refractivity contribution is 0.651. The van der Waals surface area contributed by atoms with E-state index in [1.807, 2.05) is 0 Å². The van der Waals surface area contributed by atoms with Gasteiger partial charge in [0.1, 0.15) is 0 Å². The molecule has 0 saturated heterocycles. The lowest BCUT2D eigenvalue weighted by atomic mass is 10.1. The summed E-state index contributed by atoms with van der Waals surface area (Å²) in [4.78, 5) is 0. The molecule has 0 heterocycles. The van der Waals surface area contributed by atoms with Gasteiger partial charge >= 0.3 is 0 Å². The Kier molecular flexibility index (Phi) is 6.98. The van der Waals surface area contributed by atoms with Gasteiger partial charge in [-0.25, -0.2) is 0 Å². The van der Waals surface area contributed by atoms with Gasteiger partial charge in [0.15, 0.2) is 0 Å². The Bertz CT molecular complexity index is 353. The third-order valence-electron chi connectivity index (χ3n) is 2.81. The van der Waals surface area contributed by atoms with Crippen LogP contribution in [0.3, 0.4) is 0 Å². The van der Waals surface area contributed by atoms with Gasteiger partial charge in [0.05, 0.1) is 0 Å². The Balaban J connectivity index is 2.24. The van der Waals surface area contributed by atoms with Crippen molar-refractivity contribution in [2.45, 2.75) is 46.0 Å². The summed E-state index contributed by atoms with van der Waals surface area (Å²) >= 11 is 0. The Morgan fingerprint density at radius 1 is 1.00 bits per heavy atom. The summed E-state index contributed by atoms with van der Waals surface area (Å²) in [7, 11) is 0. The van der Waals surface area contributed by atoms with E-state index in [9.17, 15) is 0 Å². The van der Waals surface area contributed by atoms with E-state index in [0.29, 0.717) is 0 Å². The van der Waals surface area contributed by atoms with E-state index < -0.39 is 0 Å². The van der Waals surface area contributed by atoms with Gasteiger partial charge < -0.3 is 5.32 Å². The first-order chi connectivity index (χ1) is 8.36. The molecule has 92 valence electrons. The molecule has 0 radical (unpaired) electrons. The summed E-state index contributed by atoms with van der Waals surface area (Å²) in [5, 5.41) is 3.16. The minimum absolute atomic E-state index is 1.00. The summed E-state index contributed by atoms with van der Waals surface area (Å²) < 4.78 is 0. The summed E-state index contributed by atoms with van der Waals surface area (Å²) in [6.07, 6.45) is 6.22. The van der Waals surface area contributed by atoms with Crippen LogP contribution in [0.4, 0.5) is 0 Å². The normalized spacial score (nSPS) is 9.53. The molecule has 0 aliphatic rings. The largest absolute Gasteiger partial charge is 0.346 e. The summed E-state index contributed by atoms with van der Waals surface area (Å²) in [5.74, 6) is 3.13. The SMILES string of the molecule is CCCCCCNC#Cc1ccc(CC)cc1. The van der Waals surface area contributed by atoms with Crippen molar-refractivity contribution in [2.24, 2.45) is 0 Å². The fraction of sp³-hybridized carbons (Fsp3) is 0.500. The highest BCUT2D eigenvalue weighted by molar-refractivity contribution is 5.35. The van der Waals surface area contributed by atoms with E-state index in [1.165, 1.54) is 31.2 Å². The second-order valence-corrected chi connectivity index (χ2v) is 4.29. The molecule has 0 aliphatic heterocycles. The number of unbranched alkanes of at least 4 members (excludes halogenated alkanes) is 3. The van der Waals surface area contributed by atoms with Gasteiger partial charge in [-0.1, -0.05) is 45.2 Å². The van der Waals surface area contributed by atoms with Crippen LogP contribution in [0.1, 0.15) is 50.7 Å². The highest BCUT2D eigenvalue weighted by Gasteiger charge is 1.89. The average molecular weight is 229 g/mol. The minimum Gasteiger partial charge on any atom is -0.346 e. The van der Waals surface area contributed by atoms with Gasteiger partial charge in [0, 0.05) is 18.2 Å². The van der Waals surface area contributed by atoms with E-state index in [2.05, 4.69) is 55.4 Å². The van der Waals surface area contributed by atoms with Crippen molar-refractivity contribution in [3.05, 3.63) is 35.4 Å². The first kappa shape index (κ1) is 13.6. The maximum atomic E-state index is 3.16. The van der Waals surface area contributed by atoms with Crippen molar-refractivity contribution in [2.75, 3.05) is 6.54 Å². The maximum Gasteiger partial charge on any atom is 0.0263 e. The Morgan fingerprint density at radius 3 is 2.41 bits per heavy atom. The van der Waals surface area contributed by atoms with Crippen LogP contribution >= 0.6 is 0 Å². The lowest BCUT2D eigenvalue weighted by Gasteiger charge is -1.98. The van der Waals surface area contributed by atoms with Crippen LogP contribution in [-0.4, -0.2) is 6.54 Å². The lowest BCUT2D eigenvalue weighted by Crippen LogP contribution is -2.07. The number of aryl methyl sites for hydroxylation is 1. The van der Waals surface area contributed by atoms with Gasteiger partial charge in [-0.15, -0.1) is 0 Å². The fourth-order valence-corrected chi connectivity index (χ4v) is 1.64. The number of nitrogens with one attached hydrogen (secondary N) is 1. The van der Waals surface area contributed by atoms with Crippen molar-refractivity contribution in [1.82, 2.24) is 5.32 Å². The second-order valence-electron chi connectivity index (χ2n) is 4.29. The molecule has 1 heteroatoms. The van der Waals surface area contributed by atoms with Gasteiger partial charge in [0.2, 0.25) is 0 Å². The molecule has 0 amide bonds. The van der Waals surface area contributed by atoms with Crippen molar-refractivity contribution in [1.29, 1.82) is 0 Å². The van der Waals surface area contributed by atoms with Crippen LogP contribution in [-0.2, 0) is 6.42 Å². The molecule has 1 rings (SSSR count). The molecule has 0 aliphatic carbocycles. The van der Waals surface area contributed by atoms with E-state index in [4.69, 9.17) is 0 Å². The molecule has 0 unspecified atom stereocenters. The smallest absolute Gasteiger partial charge is 0.0263 e. The second kappa shape index (κ2) is 8.70. The van der Waals surface area contributed by atoms with Crippen LogP contribution in [0.15, 0.2) is 24.3 Å². The summed E-state index contributed by atoms with van der Waals surface area (Å²) in [5.41, 5.74) is 2.45. The highest BCUT2D eigenvalue weighted by Crippen LogP contribution is 2.03. The topological polar surface area (TPSA) is 12.0 Å². The molecular formula is C16H23N. The molecule has 1 aromatic carbocycles. The highest BCUT2D eigenvalue weighted by atomic mass is 14.8. The van der Waals surface area contributed by atoms with E-state index in [1.54, 1.807) is 0 Å². The quantitative estimate of drug-likeness (QED) is 0.445. The van der Waals surface area contributed by atoms with Crippen molar-refractivity contribution in [3.63, 3.8) is 0 Å². The van der Waals surface area contributed by atoms with Gasteiger partial charge in [0.25, 0.3) is 0 Å².